The van der Waals surface area contributed by atoms with Crippen molar-refractivity contribution in [3.63, 3.8) is 0 Å². The Kier molecular flexibility index (Phi) is 1.52. The van der Waals surface area contributed by atoms with Gasteiger partial charge < -0.3 is 5.11 Å². The average molecular weight is 166 g/mol. The molecule has 68 valence electrons. The van der Waals surface area contributed by atoms with E-state index in [2.05, 4.69) is 0 Å². The first kappa shape index (κ1) is 7.37. The zero-order valence-electron chi connectivity index (χ0n) is 7.58. The van der Waals surface area contributed by atoms with E-state index in [4.69, 9.17) is 0 Å². The smallest absolute Gasteiger partial charge is 0.0462 e. The predicted octanol–water partition coefficient (Wildman–Crippen LogP) is 2.05. The second-order valence-electron chi connectivity index (χ2n) is 5.10. The van der Waals surface area contributed by atoms with E-state index < -0.39 is 0 Å². The van der Waals surface area contributed by atoms with Gasteiger partial charge in [-0.15, -0.1) is 0 Å². The van der Waals surface area contributed by atoms with Crippen LogP contribution in [0.3, 0.4) is 0 Å². The maximum absolute atomic E-state index is 9.21. The van der Waals surface area contributed by atoms with Crippen LogP contribution in [-0.4, -0.2) is 11.7 Å². The van der Waals surface area contributed by atoms with Crippen molar-refractivity contribution in [3.8, 4) is 0 Å². The van der Waals surface area contributed by atoms with E-state index >= 15 is 0 Å². The Bertz CT molecular complexity index is 187. The van der Waals surface area contributed by atoms with Crippen LogP contribution in [0.25, 0.3) is 0 Å². The van der Waals surface area contributed by atoms with Gasteiger partial charge in [0.2, 0.25) is 0 Å². The lowest BCUT2D eigenvalue weighted by molar-refractivity contribution is 0.121. The number of hydrogen-bond acceptors (Lipinski definition) is 1. The van der Waals surface area contributed by atoms with Gasteiger partial charge in [0.15, 0.2) is 0 Å². The summed E-state index contributed by atoms with van der Waals surface area (Å²) in [5.74, 6) is 4.74. The van der Waals surface area contributed by atoms with Gasteiger partial charge in [0, 0.05) is 6.61 Å². The molecule has 5 atom stereocenters. The van der Waals surface area contributed by atoms with Gasteiger partial charge in [0.05, 0.1) is 0 Å². The standard InChI is InChI=1S/C11H18O/c12-6-8-4-7-5-11(8)10-3-1-2-9(7)10/h7-12H,1-6H2/t7-,8-,9-,10-,11+/m0/s1. The maximum Gasteiger partial charge on any atom is 0.0462 e. The van der Waals surface area contributed by atoms with Crippen molar-refractivity contribution < 1.29 is 5.11 Å². The molecule has 0 heterocycles. The first-order valence-electron chi connectivity index (χ1n) is 5.51. The third-order valence-electron chi connectivity index (χ3n) is 4.80. The van der Waals surface area contributed by atoms with Crippen molar-refractivity contribution in [1.82, 2.24) is 0 Å². The Morgan fingerprint density at radius 3 is 2.67 bits per heavy atom. The van der Waals surface area contributed by atoms with Crippen LogP contribution < -0.4 is 0 Å². The summed E-state index contributed by atoms with van der Waals surface area (Å²) in [5.41, 5.74) is 0. The molecular weight excluding hydrogens is 148 g/mol. The lowest BCUT2D eigenvalue weighted by atomic mass is 9.76. The molecule has 0 unspecified atom stereocenters. The van der Waals surface area contributed by atoms with E-state index in [-0.39, 0.29) is 0 Å². The molecule has 0 spiro atoms. The second kappa shape index (κ2) is 2.47. The zero-order valence-corrected chi connectivity index (χ0v) is 7.58. The Morgan fingerprint density at radius 2 is 1.83 bits per heavy atom. The molecule has 1 nitrogen and oxygen atoms in total. The highest BCUT2D eigenvalue weighted by Gasteiger charge is 2.53. The highest BCUT2D eigenvalue weighted by atomic mass is 16.3. The molecule has 0 saturated heterocycles. The minimum Gasteiger partial charge on any atom is -0.396 e. The summed E-state index contributed by atoms with van der Waals surface area (Å²) in [6.07, 6.45) is 7.26. The molecule has 3 rings (SSSR count). The fourth-order valence-electron chi connectivity index (χ4n) is 4.42. The number of aliphatic hydroxyl groups excluding tert-OH is 1. The minimum absolute atomic E-state index is 0.463. The van der Waals surface area contributed by atoms with E-state index in [1.807, 2.05) is 0 Å². The van der Waals surface area contributed by atoms with Crippen molar-refractivity contribution >= 4 is 0 Å². The van der Waals surface area contributed by atoms with Gasteiger partial charge in [-0.1, -0.05) is 6.42 Å². The van der Waals surface area contributed by atoms with Crippen molar-refractivity contribution in [1.29, 1.82) is 0 Å². The SMILES string of the molecule is OC[C@@H]1C[C@H]2C[C@H]1[C@H]1CCC[C@@H]21. The molecular formula is C11H18O. The van der Waals surface area contributed by atoms with Gasteiger partial charge in [-0.05, 0) is 55.3 Å². The molecule has 0 aromatic heterocycles. The molecule has 3 aliphatic carbocycles. The predicted molar refractivity (Wildman–Crippen MR) is 47.6 cm³/mol. The number of rotatable bonds is 1. The van der Waals surface area contributed by atoms with Gasteiger partial charge in [-0.2, -0.15) is 0 Å². The summed E-state index contributed by atoms with van der Waals surface area (Å²) >= 11 is 0. The number of aliphatic hydroxyl groups is 1. The Hall–Kier alpha value is -0.0400. The molecule has 1 N–H and O–H groups in total. The van der Waals surface area contributed by atoms with Crippen LogP contribution in [0.4, 0.5) is 0 Å². The van der Waals surface area contributed by atoms with Crippen LogP contribution in [0.1, 0.15) is 32.1 Å². The molecule has 0 radical (unpaired) electrons. The fourth-order valence-corrected chi connectivity index (χ4v) is 4.42. The lowest BCUT2D eigenvalue weighted by Gasteiger charge is -2.30. The third kappa shape index (κ3) is 0.783. The third-order valence-corrected chi connectivity index (χ3v) is 4.80. The average Bonchev–Trinajstić information content (AvgIpc) is 2.75. The number of hydrogen-bond donors (Lipinski definition) is 1. The lowest BCUT2D eigenvalue weighted by Crippen LogP contribution is -2.26. The van der Waals surface area contributed by atoms with Crippen molar-refractivity contribution in [2.75, 3.05) is 6.61 Å². The van der Waals surface area contributed by atoms with Gasteiger partial charge >= 0.3 is 0 Å². The summed E-state index contributed by atoms with van der Waals surface area (Å²) < 4.78 is 0. The molecule has 3 aliphatic rings. The topological polar surface area (TPSA) is 20.2 Å². The van der Waals surface area contributed by atoms with Gasteiger partial charge in [0.25, 0.3) is 0 Å². The Balaban J connectivity index is 1.83. The molecule has 0 aromatic carbocycles. The molecule has 0 amide bonds. The van der Waals surface area contributed by atoms with Crippen molar-refractivity contribution in [3.05, 3.63) is 0 Å². The highest BCUT2D eigenvalue weighted by Crippen LogP contribution is 2.60. The van der Waals surface area contributed by atoms with Crippen LogP contribution in [-0.2, 0) is 0 Å². The molecule has 12 heavy (non-hydrogen) atoms. The van der Waals surface area contributed by atoms with E-state index in [0.717, 1.165) is 23.7 Å². The van der Waals surface area contributed by atoms with E-state index in [9.17, 15) is 5.11 Å². The first-order chi connectivity index (χ1) is 5.90. The van der Waals surface area contributed by atoms with E-state index in [1.54, 1.807) is 0 Å². The first-order valence-corrected chi connectivity index (χ1v) is 5.51. The van der Waals surface area contributed by atoms with Gasteiger partial charge in [0.1, 0.15) is 0 Å². The molecule has 1 heteroatoms. The van der Waals surface area contributed by atoms with Crippen LogP contribution in [0.2, 0.25) is 0 Å². The Morgan fingerprint density at radius 1 is 1.00 bits per heavy atom. The monoisotopic (exact) mass is 166 g/mol. The largest absolute Gasteiger partial charge is 0.396 e. The fraction of sp³-hybridized carbons (Fsp3) is 1.00. The summed E-state index contributed by atoms with van der Waals surface area (Å²) in [7, 11) is 0. The molecule has 0 aliphatic heterocycles. The highest BCUT2D eigenvalue weighted by molar-refractivity contribution is 5.02. The zero-order chi connectivity index (χ0) is 8.13. The van der Waals surface area contributed by atoms with Crippen LogP contribution in [0, 0.1) is 29.6 Å². The van der Waals surface area contributed by atoms with E-state index in [1.165, 1.54) is 32.1 Å². The molecule has 2 bridgehead atoms. The second-order valence-corrected chi connectivity index (χ2v) is 5.10. The minimum atomic E-state index is 0.463. The summed E-state index contributed by atoms with van der Waals surface area (Å²) in [4.78, 5) is 0. The normalized spacial score (nSPS) is 56.2. The summed E-state index contributed by atoms with van der Waals surface area (Å²) in [5, 5.41) is 9.21. The quantitative estimate of drug-likeness (QED) is 0.632. The molecule has 0 aromatic rings. The molecule has 3 saturated carbocycles. The summed E-state index contributed by atoms with van der Waals surface area (Å²) in [6.45, 7) is 0.463. The van der Waals surface area contributed by atoms with Gasteiger partial charge in [-0.3, -0.25) is 0 Å². The van der Waals surface area contributed by atoms with Crippen molar-refractivity contribution in [2.45, 2.75) is 32.1 Å². The maximum atomic E-state index is 9.21. The van der Waals surface area contributed by atoms with Gasteiger partial charge in [-0.25, -0.2) is 0 Å². The van der Waals surface area contributed by atoms with Crippen LogP contribution >= 0.6 is 0 Å². The van der Waals surface area contributed by atoms with Crippen LogP contribution in [0.5, 0.6) is 0 Å². The van der Waals surface area contributed by atoms with Crippen LogP contribution in [0.15, 0.2) is 0 Å². The molecule has 3 fully saturated rings. The van der Waals surface area contributed by atoms with E-state index in [0.29, 0.717) is 12.5 Å². The Labute approximate surface area is 74.2 Å². The summed E-state index contributed by atoms with van der Waals surface area (Å²) in [6, 6.07) is 0. The van der Waals surface area contributed by atoms with Crippen molar-refractivity contribution in [2.24, 2.45) is 29.6 Å². The number of fused-ring (bicyclic) bond motifs is 5.